The highest BCUT2D eigenvalue weighted by atomic mass is 16.5. The highest BCUT2D eigenvalue weighted by Gasteiger charge is 2.40. The van der Waals surface area contributed by atoms with E-state index < -0.39 is 5.91 Å². The van der Waals surface area contributed by atoms with Crippen LogP contribution in [0.4, 0.5) is 11.4 Å². The molecule has 2 aromatic carbocycles. The van der Waals surface area contributed by atoms with Crippen molar-refractivity contribution in [3.63, 3.8) is 0 Å². The van der Waals surface area contributed by atoms with Gasteiger partial charge in [-0.3, -0.25) is 14.4 Å². The van der Waals surface area contributed by atoms with Crippen molar-refractivity contribution in [2.24, 2.45) is 11.8 Å². The molecule has 0 unspecified atom stereocenters. The number of carbonyl (C=O) groups is 3. The smallest absolute Gasteiger partial charge is 0.309 e. The Morgan fingerprint density at radius 2 is 1.54 bits per heavy atom. The Hall–Kier alpha value is -3.35. The highest BCUT2D eigenvalue weighted by molar-refractivity contribution is 6.04. The van der Waals surface area contributed by atoms with Gasteiger partial charge in [-0.2, -0.15) is 0 Å². The van der Waals surface area contributed by atoms with E-state index in [1.807, 2.05) is 6.92 Å². The van der Waals surface area contributed by atoms with Gasteiger partial charge in [0.15, 0.2) is 6.61 Å². The second-order valence-electron chi connectivity index (χ2n) is 6.74. The van der Waals surface area contributed by atoms with Crippen LogP contribution in [-0.4, -0.2) is 31.5 Å². The lowest BCUT2D eigenvalue weighted by Gasteiger charge is -2.08. The van der Waals surface area contributed by atoms with Crippen molar-refractivity contribution in [2.45, 2.75) is 13.3 Å². The molecule has 146 valence electrons. The first-order valence-corrected chi connectivity index (χ1v) is 8.98. The molecule has 0 radical (unpaired) electrons. The van der Waals surface area contributed by atoms with E-state index in [-0.39, 0.29) is 24.4 Å². The quantitative estimate of drug-likeness (QED) is 0.718. The van der Waals surface area contributed by atoms with Gasteiger partial charge in [-0.15, -0.1) is 0 Å². The topological polar surface area (TPSA) is 93.7 Å². The second-order valence-corrected chi connectivity index (χ2v) is 6.74. The maximum Gasteiger partial charge on any atom is 0.309 e. The van der Waals surface area contributed by atoms with E-state index in [4.69, 9.17) is 9.47 Å². The molecule has 2 atom stereocenters. The molecule has 7 nitrogen and oxygen atoms in total. The summed E-state index contributed by atoms with van der Waals surface area (Å²) in [5.74, 6) is -0.0419. The maximum atomic E-state index is 12.3. The first-order chi connectivity index (χ1) is 13.5. The molecule has 0 saturated heterocycles. The van der Waals surface area contributed by atoms with Crippen molar-refractivity contribution in [3.8, 4) is 5.75 Å². The molecule has 1 saturated carbocycles. The van der Waals surface area contributed by atoms with Gasteiger partial charge >= 0.3 is 5.97 Å². The minimum absolute atomic E-state index is 0.0729. The molecule has 0 aliphatic heterocycles. The number of nitrogens with one attached hydrogen (secondary N) is 2. The van der Waals surface area contributed by atoms with Crippen LogP contribution in [0.2, 0.25) is 0 Å². The van der Waals surface area contributed by atoms with Crippen molar-refractivity contribution in [1.82, 2.24) is 0 Å². The zero-order valence-electron chi connectivity index (χ0n) is 15.7. The molecule has 2 amide bonds. The zero-order chi connectivity index (χ0) is 20.1. The number of rotatable bonds is 7. The molecule has 7 heteroatoms. The van der Waals surface area contributed by atoms with Gasteiger partial charge in [-0.25, -0.2) is 0 Å². The van der Waals surface area contributed by atoms with Gasteiger partial charge in [-0.1, -0.05) is 6.92 Å². The summed E-state index contributed by atoms with van der Waals surface area (Å²) >= 11 is 0. The molecule has 2 aromatic rings. The number of hydrogen-bond donors (Lipinski definition) is 2. The first kappa shape index (κ1) is 19.4. The van der Waals surface area contributed by atoms with E-state index in [9.17, 15) is 14.4 Å². The van der Waals surface area contributed by atoms with E-state index in [0.717, 1.165) is 6.42 Å². The van der Waals surface area contributed by atoms with E-state index in [1.165, 1.54) is 0 Å². The van der Waals surface area contributed by atoms with Crippen molar-refractivity contribution < 1.29 is 23.9 Å². The van der Waals surface area contributed by atoms with Gasteiger partial charge in [0.2, 0.25) is 0 Å². The fourth-order valence-corrected chi connectivity index (χ4v) is 2.67. The highest BCUT2D eigenvalue weighted by Crippen LogP contribution is 2.38. The third-order valence-corrected chi connectivity index (χ3v) is 4.54. The van der Waals surface area contributed by atoms with Crippen molar-refractivity contribution >= 4 is 29.2 Å². The third kappa shape index (κ3) is 5.09. The van der Waals surface area contributed by atoms with Crippen LogP contribution in [0.3, 0.4) is 0 Å². The summed E-state index contributed by atoms with van der Waals surface area (Å²) in [4.78, 5) is 35.8. The molecule has 0 heterocycles. The third-order valence-electron chi connectivity index (χ3n) is 4.54. The molecule has 1 aliphatic carbocycles. The summed E-state index contributed by atoms with van der Waals surface area (Å²) in [6.45, 7) is 1.65. The van der Waals surface area contributed by atoms with Crippen molar-refractivity contribution in [1.29, 1.82) is 0 Å². The number of hydrogen-bond acceptors (Lipinski definition) is 5. The zero-order valence-corrected chi connectivity index (χ0v) is 15.7. The van der Waals surface area contributed by atoms with Crippen LogP contribution in [0, 0.1) is 11.8 Å². The molecule has 2 N–H and O–H groups in total. The second kappa shape index (κ2) is 8.56. The summed E-state index contributed by atoms with van der Waals surface area (Å²) in [5.41, 5.74) is 1.61. The Kier molecular flexibility index (Phi) is 5.93. The van der Waals surface area contributed by atoms with Gasteiger partial charge in [0.25, 0.3) is 11.8 Å². The van der Waals surface area contributed by atoms with E-state index in [1.54, 1.807) is 55.6 Å². The summed E-state index contributed by atoms with van der Waals surface area (Å²) in [5, 5.41) is 5.42. The standard InChI is InChI=1S/C21H22N2O5/c1-13-11-18(13)21(26)28-12-19(24)22-15-5-3-14(4-6-15)20(25)23-16-7-9-17(27-2)10-8-16/h3-10,13,18H,11-12H2,1-2H3,(H,22,24)(H,23,25)/t13-,18-/m0/s1. The Balaban J connectivity index is 1.48. The van der Waals surface area contributed by atoms with E-state index in [0.29, 0.717) is 28.6 Å². The van der Waals surface area contributed by atoms with Crippen LogP contribution in [0.5, 0.6) is 5.75 Å². The van der Waals surface area contributed by atoms with Gasteiger partial charge < -0.3 is 20.1 Å². The molecule has 1 fully saturated rings. The number of carbonyl (C=O) groups excluding carboxylic acids is 3. The molecule has 0 aromatic heterocycles. The van der Waals surface area contributed by atoms with Gasteiger partial charge in [0, 0.05) is 16.9 Å². The van der Waals surface area contributed by atoms with Crippen LogP contribution < -0.4 is 15.4 Å². The fraction of sp³-hybridized carbons (Fsp3) is 0.286. The number of ether oxygens (including phenoxy) is 2. The van der Waals surface area contributed by atoms with Gasteiger partial charge in [0.05, 0.1) is 13.0 Å². The van der Waals surface area contributed by atoms with Crippen molar-refractivity contribution in [2.75, 3.05) is 24.4 Å². The lowest BCUT2D eigenvalue weighted by Crippen LogP contribution is -2.21. The van der Waals surface area contributed by atoms with Crippen LogP contribution in [0.25, 0.3) is 0 Å². The molecule has 1 aliphatic rings. The Morgan fingerprint density at radius 3 is 2.11 bits per heavy atom. The Bertz CT molecular complexity index is 861. The van der Waals surface area contributed by atoms with Crippen LogP contribution in [-0.2, 0) is 14.3 Å². The predicted octanol–water partition coefficient (Wildman–Crippen LogP) is 3.09. The van der Waals surface area contributed by atoms with Crippen molar-refractivity contribution in [3.05, 3.63) is 54.1 Å². The molecule has 0 spiro atoms. The number of esters is 1. The lowest BCUT2D eigenvalue weighted by atomic mass is 10.2. The molecule has 3 rings (SSSR count). The monoisotopic (exact) mass is 382 g/mol. The average molecular weight is 382 g/mol. The minimum atomic E-state index is -0.419. The number of anilines is 2. The number of benzene rings is 2. The molecular formula is C21H22N2O5. The van der Waals surface area contributed by atoms with Gasteiger partial charge in [0.1, 0.15) is 5.75 Å². The number of amides is 2. The summed E-state index contributed by atoms with van der Waals surface area (Å²) in [6.07, 6.45) is 0.820. The fourth-order valence-electron chi connectivity index (χ4n) is 2.67. The molecule has 0 bridgehead atoms. The average Bonchev–Trinajstić information content (AvgIpc) is 3.44. The van der Waals surface area contributed by atoms with Crippen LogP contribution in [0.15, 0.2) is 48.5 Å². The maximum absolute atomic E-state index is 12.3. The van der Waals surface area contributed by atoms with E-state index >= 15 is 0 Å². The summed E-state index contributed by atoms with van der Waals surface area (Å²) < 4.78 is 10.1. The largest absolute Gasteiger partial charge is 0.497 e. The summed E-state index contributed by atoms with van der Waals surface area (Å²) in [6, 6.07) is 13.4. The minimum Gasteiger partial charge on any atom is -0.497 e. The Labute approximate surface area is 163 Å². The number of methoxy groups -OCH3 is 1. The normalized spacial score (nSPS) is 17.4. The predicted molar refractivity (Wildman–Crippen MR) is 104 cm³/mol. The van der Waals surface area contributed by atoms with Crippen LogP contribution >= 0.6 is 0 Å². The van der Waals surface area contributed by atoms with E-state index in [2.05, 4.69) is 10.6 Å². The Morgan fingerprint density at radius 1 is 0.964 bits per heavy atom. The molecular weight excluding hydrogens is 360 g/mol. The van der Waals surface area contributed by atoms with Gasteiger partial charge in [-0.05, 0) is 60.9 Å². The SMILES string of the molecule is COc1ccc(NC(=O)c2ccc(NC(=O)COC(=O)[C@H]3C[C@@H]3C)cc2)cc1. The van der Waals surface area contributed by atoms with Crippen LogP contribution in [0.1, 0.15) is 23.7 Å². The first-order valence-electron chi connectivity index (χ1n) is 8.98. The summed E-state index contributed by atoms with van der Waals surface area (Å²) in [7, 11) is 1.57. The molecule has 28 heavy (non-hydrogen) atoms. The lowest BCUT2D eigenvalue weighted by molar-refractivity contribution is -0.148.